The van der Waals surface area contributed by atoms with Crippen LogP contribution in [0.25, 0.3) is 0 Å². The number of hydrogen-bond acceptors (Lipinski definition) is 2. The first kappa shape index (κ1) is 11.5. The molecule has 17 heavy (non-hydrogen) atoms. The Morgan fingerprint density at radius 1 is 1.41 bits per heavy atom. The molecule has 1 aromatic rings. The number of carbonyl (C=O) groups is 2. The first-order chi connectivity index (χ1) is 8.00. The van der Waals surface area contributed by atoms with E-state index in [1.165, 1.54) is 0 Å². The van der Waals surface area contributed by atoms with Crippen LogP contribution in [-0.2, 0) is 9.59 Å². The quantitative estimate of drug-likeness (QED) is 0.854. The van der Waals surface area contributed by atoms with Crippen molar-refractivity contribution in [3.8, 4) is 0 Å². The van der Waals surface area contributed by atoms with Gasteiger partial charge in [-0.25, -0.2) is 13.6 Å². The Hall–Kier alpha value is -1.98. The number of anilines is 1. The minimum absolute atomic E-state index is 0.0494. The molecule has 2 rings (SSSR count). The number of hydrogen-bond donors (Lipinski definition) is 1. The van der Waals surface area contributed by atoms with E-state index in [1.54, 1.807) is 0 Å². The summed E-state index contributed by atoms with van der Waals surface area (Å²) in [7, 11) is 0. The topological polar surface area (TPSA) is 57.6 Å². The van der Waals surface area contributed by atoms with Gasteiger partial charge in [0, 0.05) is 12.5 Å². The monoisotopic (exact) mass is 241 g/mol. The Kier molecular flexibility index (Phi) is 2.79. The first-order valence-corrected chi connectivity index (χ1v) is 5.00. The second-order valence-corrected chi connectivity index (χ2v) is 3.75. The molecule has 1 N–H and O–H groups in total. The SMILES string of the molecule is O=C(O)[C@@H]1CCC(=O)N1c1ccc(F)cc1F. The molecule has 1 fully saturated rings. The van der Waals surface area contributed by atoms with Crippen molar-refractivity contribution in [3.05, 3.63) is 29.8 Å². The van der Waals surface area contributed by atoms with Crippen molar-refractivity contribution in [1.82, 2.24) is 0 Å². The summed E-state index contributed by atoms with van der Waals surface area (Å²) in [6.07, 6.45) is 0.179. The van der Waals surface area contributed by atoms with Crippen molar-refractivity contribution in [2.45, 2.75) is 18.9 Å². The third kappa shape index (κ3) is 1.98. The fourth-order valence-corrected chi connectivity index (χ4v) is 1.90. The summed E-state index contributed by atoms with van der Waals surface area (Å²) >= 11 is 0. The van der Waals surface area contributed by atoms with Gasteiger partial charge in [-0.2, -0.15) is 0 Å². The number of carboxylic acid groups (broad SMARTS) is 1. The second-order valence-electron chi connectivity index (χ2n) is 3.75. The number of halogens is 2. The minimum atomic E-state index is -1.19. The van der Waals surface area contributed by atoms with Crippen molar-refractivity contribution in [3.63, 3.8) is 0 Å². The summed E-state index contributed by atoms with van der Waals surface area (Å²) in [5.74, 6) is -3.38. The predicted molar refractivity (Wildman–Crippen MR) is 54.5 cm³/mol. The summed E-state index contributed by atoms with van der Waals surface area (Å²) in [4.78, 5) is 23.3. The van der Waals surface area contributed by atoms with Crippen LogP contribution in [0, 0.1) is 11.6 Å². The van der Waals surface area contributed by atoms with Gasteiger partial charge >= 0.3 is 5.97 Å². The van der Waals surface area contributed by atoms with E-state index >= 15 is 0 Å². The lowest BCUT2D eigenvalue weighted by Crippen LogP contribution is -2.39. The van der Waals surface area contributed by atoms with E-state index < -0.39 is 29.6 Å². The fraction of sp³-hybridized carbons (Fsp3) is 0.273. The lowest BCUT2D eigenvalue weighted by molar-refractivity contribution is -0.138. The molecule has 0 spiro atoms. The van der Waals surface area contributed by atoms with Crippen molar-refractivity contribution < 1.29 is 23.5 Å². The summed E-state index contributed by atoms with van der Waals surface area (Å²) in [5.41, 5.74) is -0.193. The summed E-state index contributed by atoms with van der Waals surface area (Å²) in [5, 5.41) is 8.92. The molecule has 0 bridgehead atoms. The van der Waals surface area contributed by atoms with E-state index in [0.717, 1.165) is 17.0 Å². The third-order valence-electron chi connectivity index (χ3n) is 2.67. The number of carboxylic acids is 1. The Balaban J connectivity index is 2.43. The number of nitrogens with zero attached hydrogens (tertiary/aromatic N) is 1. The Morgan fingerprint density at radius 2 is 2.12 bits per heavy atom. The van der Waals surface area contributed by atoms with Crippen LogP contribution < -0.4 is 4.90 Å². The molecule has 6 heteroatoms. The van der Waals surface area contributed by atoms with Gasteiger partial charge in [-0.15, -0.1) is 0 Å². The smallest absolute Gasteiger partial charge is 0.326 e. The van der Waals surface area contributed by atoms with Crippen molar-refractivity contribution in [1.29, 1.82) is 0 Å². The zero-order chi connectivity index (χ0) is 12.6. The standard InChI is InChI=1S/C11H9F2NO3/c12-6-1-2-8(7(13)5-6)14-9(11(16)17)3-4-10(14)15/h1-2,5,9H,3-4H2,(H,16,17)/t9-/m0/s1. The van der Waals surface area contributed by atoms with Gasteiger partial charge in [0.15, 0.2) is 0 Å². The predicted octanol–water partition coefficient (Wildman–Crippen LogP) is 1.54. The molecule has 90 valence electrons. The molecule has 0 aromatic heterocycles. The molecule has 0 saturated carbocycles. The van der Waals surface area contributed by atoms with E-state index in [2.05, 4.69) is 0 Å². The van der Waals surface area contributed by atoms with Crippen LogP contribution >= 0.6 is 0 Å². The highest BCUT2D eigenvalue weighted by Crippen LogP contribution is 2.29. The zero-order valence-electron chi connectivity index (χ0n) is 8.69. The van der Waals surface area contributed by atoms with Gasteiger partial charge in [-0.1, -0.05) is 0 Å². The molecule has 1 atom stereocenters. The van der Waals surface area contributed by atoms with Crippen LogP contribution in [0.2, 0.25) is 0 Å². The number of benzene rings is 1. The van der Waals surface area contributed by atoms with E-state index in [0.29, 0.717) is 6.07 Å². The van der Waals surface area contributed by atoms with E-state index in [1.807, 2.05) is 0 Å². The minimum Gasteiger partial charge on any atom is -0.480 e. The maximum Gasteiger partial charge on any atom is 0.326 e. The number of rotatable bonds is 2. The van der Waals surface area contributed by atoms with Gasteiger partial charge < -0.3 is 5.11 Å². The molecule has 0 aliphatic carbocycles. The van der Waals surface area contributed by atoms with Crippen LogP contribution in [0.15, 0.2) is 18.2 Å². The van der Waals surface area contributed by atoms with E-state index in [-0.39, 0.29) is 18.5 Å². The van der Waals surface area contributed by atoms with Crippen molar-refractivity contribution in [2.75, 3.05) is 4.90 Å². The molecule has 1 heterocycles. The van der Waals surface area contributed by atoms with Gasteiger partial charge in [0.25, 0.3) is 0 Å². The summed E-state index contributed by atoms with van der Waals surface area (Å²) in [6, 6.07) is 1.61. The molecule has 1 amide bonds. The van der Waals surface area contributed by atoms with Gasteiger partial charge in [-0.3, -0.25) is 9.69 Å². The largest absolute Gasteiger partial charge is 0.480 e. The van der Waals surface area contributed by atoms with Crippen LogP contribution in [-0.4, -0.2) is 23.0 Å². The molecule has 1 saturated heterocycles. The van der Waals surface area contributed by atoms with Gasteiger partial charge in [0.2, 0.25) is 5.91 Å². The average Bonchev–Trinajstić information content (AvgIpc) is 2.60. The van der Waals surface area contributed by atoms with E-state index in [9.17, 15) is 18.4 Å². The lowest BCUT2D eigenvalue weighted by atomic mass is 10.2. The second kappa shape index (κ2) is 4.12. The average molecular weight is 241 g/mol. The van der Waals surface area contributed by atoms with Gasteiger partial charge in [0.1, 0.15) is 17.7 Å². The highest BCUT2D eigenvalue weighted by atomic mass is 19.1. The summed E-state index contributed by atoms with van der Waals surface area (Å²) < 4.78 is 26.2. The van der Waals surface area contributed by atoms with Gasteiger partial charge in [0.05, 0.1) is 5.69 Å². The van der Waals surface area contributed by atoms with Crippen LogP contribution in [0.5, 0.6) is 0 Å². The molecule has 4 nitrogen and oxygen atoms in total. The van der Waals surface area contributed by atoms with Gasteiger partial charge in [-0.05, 0) is 18.6 Å². The molecule has 1 aromatic carbocycles. The molecule has 0 unspecified atom stereocenters. The lowest BCUT2D eigenvalue weighted by Gasteiger charge is -2.22. The number of aliphatic carboxylic acids is 1. The summed E-state index contributed by atoms with van der Waals surface area (Å²) in [6.45, 7) is 0. The Morgan fingerprint density at radius 3 is 2.71 bits per heavy atom. The maximum absolute atomic E-state index is 13.5. The number of carbonyl (C=O) groups excluding carboxylic acids is 1. The zero-order valence-corrected chi connectivity index (χ0v) is 8.69. The Bertz CT molecular complexity index is 490. The third-order valence-corrected chi connectivity index (χ3v) is 2.67. The highest BCUT2D eigenvalue weighted by molar-refractivity contribution is 6.02. The van der Waals surface area contributed by atoms with Crippen LogP contribution in [0.4, 0.5) is 14.5 Å². The highest BCUT2D eigenvalue weighted by Gasteiger charge is 2.38. The normalized spacial score (nSPS) is 19.8. The molecular weight excluding hydrogens is 232 g/mol. The van der Waals surface area contributed by atoms with Crippen molar-refractivity contribution >= 4 is 17.6 Å². The Labute approximate surface area is 95.5 Å². The van der Waals surface area contributed by atoms with Crippen LogP contribution in [0.3, 0.4) is 0 Å². The molecule has 1 aliphatic rings. The fourth-order valence-electron chi connectivity index (χ4n) is 1.90. The molecule has 1 aliphatic heterocycles. The first-order valence-electron chi connectivity index (χ1n) is 5.00. The molecule has 0 radical (unpaired) electrons. The van der Waals surface area contributed by atoms with E-state index in [4.69, 9.17) is 5.11 Å². The maximum atomic E-state index is 13.5. The van der Waals surface area contributed by atoms with Crippen LogP contribution in [0.1, 0.15) is 12.8 Å². The molecular formula is C11H9F2NO3. The number of amides is 1. The van der Waals surface area contributed by atoms with Crippen molar-refractivity contribution in [2.24, 2.45) is 0 Å².